The van der Waals surface area contributed by atoms with Gasteiger partial charge in [-0.15, -0.1) is 0 Å². The number of carbonyl (C=O) groups is 1. The predicted octanol–water partition coefficient (Wildman–Crippen LogP) is 2.27. The number of benzene rings is 2. The van der Waals surface area contributed by atoms with Crippen molar-refractivity contribution >= 4 is 21.6 Å². The maximum Gasteiger partial charge on any atom is 0.257 e. The molecule has 23 heavy (non-hydrogen) atoms. The number of halogens is 2. The van der Waals surface area contributed by atoms with Gasteiger partial charge in [-0.25, -0.2) is 17.2 Å². The van der Waals surface area contributed by atoms with Crippen molar-refractivity contribution in [2.75, 3.05) is 11.0 Å². The average molecular weight is 340 g/mol. The van der Waals surface area contributed by atoms with E-state index in [4.69, 9.17) is 0 Å². The lowest BCUT2D eigenvalue weighted by atomic mass is 10.1. The van der Waals surface area contributed by atoms with Gasteiger partial charge in [-0.3, -0.25) is 9.52 Å². The van der Waals surface area contributed by atoms with Crippen LogP contribution in [-0.4, -0.2) is 20.6 Å². The molecule has 0 heterocycles. The molecule has 0 unspecified atom stereocenters. The van der Waals surface area contributed by atoms with Crippen molar-refractivity contribution < 1.29 is 22.0 Å². The van der Waals surface area contributed by atoms with Crippen LogP contribution in [0.4, 0.5) is 14.5 Å². The van der Waals surface area contributed by atoms with E-state index in [9.17, 15) is 22.0 Å². The molecular formula is C15H14F2N2O3S. The Morgan fingerprint density at radius 3 is 2.30 bits per heavy atom. The zero-order valence-corrected chi connectivity index (χ0v) is 13.0. The van der Waals surface area contributed by atoms with Crippen molar-refractivity contribution in [1.29, 1.82) is 0 Å². The summed E-state index contributed by atoms with van der Waals surface area (Å²) in [5.74, 6) is -2.79. The molecule has 0 fully saturated rings. The Morgan fingerprint density at radius 1 is 1.09 bits per heavy atom. The van der Waals surface area contributed by atoms with E-state index < -0.39 is 33.1 Å². The second kappa shape index (κ2) is 6.74. The van der Waals surface area contributed by atoms with Gasteiger partial charge >= 0.3 is 0 Å². The number of rotatable bonds is 5. The summed E-state index contributed by atoms with van der Waals surface area (Å²) in [6.07, 6.45) is 1.02. The highest BCUT2D eigenvalue weighted by atomic mass is 32.2. The van der Waals surface area contributed by atoms with Gasteiger partial charge in [0.05, 0.1) is 6.26 Å². The number of sulfonamides is 1. The maximum absolute atomic E-state index is 13.5. The maximum atomic E-state index is 13.5. The van der Waals surface area contributed by atoms with Crippen molar-refractivity contribution in [2.24, 2.45) is 0 Å². The third-order valence-electron chi connectivity index (χ3n) is 2.87. The highest BCUT2D eigenvalue weighted by Crippen LogP contribution is 2.14. The highest BCUT2D eigenvalue weighted by Gasteiger charge is 2.16. The Kier molecular flexibility index (Phi) is 4.95. The molecule has 0 radical (unpaired) electrons. The number of hydrogen-bond acceptors (Lipinski definition) is 3. The van der Waals surface area contributed by atoms with Crippen molar-refractivity contribution in [3.05, 3.63) is 65.2 Å². The first-order chi connectivity index (χ1) is 10.8. The Bertz CT molecular complexity index is 818. The van der Waals surface area contributed by atoms with Crippen LogP contribution < -0.4 is 10.0 Å². The second-order valence-corrected chi connectivity index (χ2v) is 6.60. The summed E-state index contributed by atoms with van der Waals surface area (Å²) in [7, 11) is -3.42. The summed E-state index contributed by atoms with van der Waals surface area (Å²) < 4.78 is 51.6. The third kappa shape index (κ3) is 4.75. The number of anilines is 1. The van der Waals surface area contributed by atoms with Gasteiger partial charge in [-0.1, -0.05) is 18.2 Å². The first-order valence-corrected chi connectivity index (χ1v) is 8.44. The molecule has 0 atom stereocenters. The van der Waals surface area contributed by atoms with Gasteiger partial charge in [0.15, 0.2) is 0 Å². The van der Waals surface area contributed by atoms with Crippen molar-refractivity contribution in [2.45, 2.75) is 6.54 Å². The van der Waals surface area contributed by atoms with Crippen molar-refractivity contribution in [3.63, 3.8) is 0 Å². The number of amides is 1. The molecule has 8 heteroatoms. The molecule has 0 aliphatic heterocycles. The third-order valence-corrected chi connectivity index (χ3v) is 3.48. The van der Waals surface area contributed by atoms with Gasteiger partial charge in [-0.05, 0) is 29.8 Å². The van der Waals surface area contributed by atoms with Gasteiger partial charge in [0.2, 0.25) is 10.0 Å². The Hall–Kier alpha value is -2.48. The topological polar surface area (TPSA) is 75.3 Å². The van der Waals surface area contributed by atoms with Gasteiger partial charge in [0.25, 0.3) is 5.91 Å². The van der Waals surface area contributed by atoms with Crippen LogP contribution in [0, 0.1) is 11.6 Å². The largest absolute Gasteiger partial charge is 0.348 e. The Balaban J connectivity index is 2.09. The standard InChI is InChI=1S/C15H14F2N2O3S/c1-23(21,22)19-11-5-2-4-10(8-11)9-18-15(20)14-12(16)6-3-7-13(14)17/h2-8,19H,9H2,1H3,(H,18,20). The fourth-order valence-corrected chi connectivity index (χ4v) is 2.50. The second-order valence-electron chi connectivity index (χ2n) is 4.85. The normalized spacial score (nSPS) is 11.1. The van der Waals surface area contributed by atoms with E-state index in [1.807, 2.05) is 0 Å². The van der Waals surface area contributed by atoms with Gasteiger partial charge in [0.1, 0.15) is 17.2 Å². The molecule has 2 N–H and O–H groups in total. The molecule has 5 nitrogen and oxygen atoms in total. The zero-order chi connectivity index (χ0) is 17.0. The van der Waals surface area contributed by atoms with Crippen LogP contribution in [0.2, 0.25) is 0 Å². The fourth-order valence-electron chi connectivity index (χ4n) is 1.94. The molecule has 0 aromatic heterocycles. The zero-order valence-electron chi connectivity index (χ0n) is 12.1. The summed E-state index contributed by atoms with van der Waals surface area (Å²) in [4.78, 5) is 11.9. The van der Waals surface area contributed by atoms with Crippen LogP contribution in [0.25, 0.3) is 0 Å². The molecule has 0 aliphatic carbocycles. The fraction of sp³-hybridized carbons (Fsp3) is 0.133. The molecule has 122 valence electrons. The lowest BCUT2D eigenvalue weighted by Gasteiger charge is -2.09. The minimum atomic E-state index is -3.42. The highest BCUT2D eigenvalue weighted by molar-refractivity contribution is 7.92. The minimum absolute atomic E-state index is 0.00805. The summed E-state index contributed by atoms with van der Waals surface area (Å²) in [5.41, 5.74) is 0.248. The summed E-state index contributed by atoms with van der Waals surface area (Å²) in [6, 6.07) is 9.46. The summed E-state index contributed by atoms with van der Waals surface area (Å²) >= 11 is 0. The van der Waals surface area contributed by atoms with E-state index in [1.54, 1.807) is 18.2 Å². The molecule has 1 amide bonds. The lowest BCUT2D eigenvalue weighted by Crippen LogP contribution is -2.25. The number of nitrogens with one attached hydrogen (secondary N) is 2. The van der Waals surface area contributed by atoms with Crippen LogP contribution in [-0.2, 0) is 16.6 Å². The van der Waals surface area contributed by atoms with Crippen LogP contribution >= 0.6 is 0 Å². The Labute approximate surface area is 132 Å². The van der Waals surface area contributed by atoms with Crippen LogP contribution in [0.3, 0.4) is 0 Å². The van der Waals surface area contributed by atoms with Crippen molar-refractivity contribution in [1.82, 2.24) is 5.32 Å². The van der Waals surface area contributed by atoms with E-state index in [2.05, 4.69) is 10.0 Å². The van der Waals surface area contributed by atoms with Crippen LogP contribution in [0.1, 0.15) is 15.9 Å². The summed E-state index contributed by atoms with van der Waals surface area (Å²) in [6.45, 7) is -0.00805. The minimum Gasteiger partial charge on any atom is -0.348 e. The molecule has 0 spiro atoms. The average Bonchev–Trinajstić information content (AvgIpc) is 2.43. The quantitative estimate of drug-likeness (QED) is 0.877. The molecule has 2 rings (SSSR count). The molecular weight excluding hydrogens is 326 g/mol. The smallest absolute Gasteiger partial charge is 0.257 e. The Morgan fingerprint density at radius 2 is 1.70 bits per heavy atom. The molecule has 0 saturated carbocycles. The van der Waals surface area contributed by atoms with E-state index in [1.165, 1.54) is 12.1 Å². The first kappa shape index (κ1) is 16.9. The van der Waals surface area contributed by atoms with Gasteiger partial charge in [-0.2, -0.15) is 0 Å². The van der Waals surface area contributed by atoms with Crippen LogP contribution in [0.5, 0.6) is 0 Å². The van der Waals surface area contributed by atoms with E-state index in [0.717, 1.165) is 18.4 Å². The van der Waals surface area contributed by atoms with Gasteiger partial charge < -0.3 is 5.32 Å². The van der Waals surface area contributed by atoms with Gasteiger partial charge in [0, 0.05) is 12.2 Å². The molecule has 0 saturated heterocycles. The number of carbonyl (C=O) groups excluding carboxylic acids is 1. The first-order valence-electron chi connectivity index (χ1n) is 6.55. The lowest BCUT2D eigenvalue weighted by molar-refractivity contribution is 0.0942. The van der Waals surface area contributed by atoms with E-state index in [-0.39, 0.29) is 6.54 Å². The molecule has 0 bridgehead atoms. The molecule has 2 aromatic carbocycles. The molecule has 2 aromatic rings. The molecule has 0 aliphatic rings. The predicted molar refractivity (Wildman–Crippen MR) is 82.4 cm³/mol. The van der Waals surface area contributed by atoms with E-state index in [0.29, 0.717) is 11.3 Å². The SMILES string of the molecule is CS(=O)(=O)Nc1cccc(CNC(=O)c2c(F)cccc2F)c1. The van der Waals surface area contributed by atoms with Crippen LogP contribution in [0.15, 0.2) is 42.5 Å². The van der Waals surface area contributed by atoms with Crippen molar-refractivity contribution in [3.8, 4) is 0 Å². The summed E-state index contributed by atoms with van der Waals surface area (Å²) in [5, 5.41) is 2.39. The number of hydrogen-bond donors (Lipinski definition) is 2. The van der Waals surface area contributed by atoms with E-state index >= 15 is 0 Å². The monoisotopic (exact) mass is 340 g/mol.